The molecule has 12 heteroatoms. The maximum Gasteiger partial charge on any atom is 0.387 e. The zero-order chi connectivity index (χ0) is 23.4. The summed E-state index contributed by atoms with van der Waals surface area (Å²) in [5, 5.41) is 20.9. The Morgan fingerprint density at radius 3 is 2.44 bits per heavy atom. The lowest BCUT2D eigenvalue weighted by Crippen LogP contribution is -2.28. The number of carboxylic acids is 1. The molecular weight excluding hydrogens is 475 g/mol. The van der Waals surface area contributed by atoms with Gasteiger partial charge in [-0.25, -0.2) is 0 Å². The molecule has 0 aliphatic heterocycles. The van der Waals surface area contributed by atoms with Crippen molar-refractivity contribution in [3.63, 3.8) is 0 Å². The number of hydrogen-bond donors (Lipinski definition) is 1. The van der Waals surface area contributed by atoms with Crippen molar-refractivity contribution in [2.24, 2.45) is 5.92 Å². The van der Waals surface area contributed by atoms with Gasteiger partial charge in [0.2, 0.25) is 0 Å². The van der Waals surface area contributed by atoms with Gasteiger partial charge in [0.1, 0.15) is 22.1 Å². The molecular formula is C20H17Cl2F2NO7. The standard InChI is InChI=1S/C20H17Cl2F2NO7/c21-12-6-25(29)7-13(22)16(12)17(19(27)28)18(31-9-26)11-3-4-14(32-20(23)24)15(5-11)30-8-10-1-2-10/h3-7,9-10,17-18,20H,1-2,8H2,(H,27,28)/t17-,18+/m0/s1. The van der Waals surface area contributed by atoms with Crippen LogP contribution in [0.4, 0.5) is 8.78 Å². The SMILES string of the molecule is O=CO[C@H](c1ccc(OC(F)F)c(OCC2CC2)c1)[C@@H](C(=O)O)c1c(Cl)c[n+]([O-])cc1Cl. The monoisotopic (exact) mass is 491 g/mol. The van der Waals surface area contributed by atoms with Crippen molar-refractivity contribution >= 4 is 35.6 Å². The average Bonchev–Trinajstić information content (AvgIpc) is 3.52. The number of aliphatic carboxylic acids is 1. The van der Waals surface area contributed by atoms with Crippen molar-refractivity contribution < 1.29 is 42.4 Å². The van der Waals surface area contributed by atoms with Crippen LogP contribution in [-0.4, -0.2) is 30.8 Å². The summed E-state index contributed by atoms with van der Waals surface area (Å²) in [6, 6.07) is 3.66. The van der Waals surface area contributed by atoms with Crippen LogP contribution in [0.25, 0.3) is 0 Å². The molecule has 32 heavy (non-hydrogen) atoms. The summed E-state index contributed by atoms with van der Waals surface area (Å²) >= 11 is 12.1. The minimum absolute atomic E-state index is 0.0351. The Kier molecular flexibility index (Phi) is 7.57. The number of carbonyl (C=O) groups excluding carboxylic acids is 1. The van der Waals surface area contributed by atoms with E-state index < -0.39 is 24.6 Å². The second kappa shape index (κ2) is 10.2. The molecule has 1 N–H and O–H groups in total. The van der Waals surface area contributed by atoms with Crippen molar-refractivity contribution in [1.82, 2.24) is 0 Å². The van der Waals surface area contributed by atoms with Gasteiger partial charge in [-0.2, -0.15) is 13.5 Å². The van der Waals surface area contributed by atoms with E-state index in [1.54, 1.807) is 0 Å². The van der Waals surface area contributed by atoms with Crippen LogP contribution >= 0.6 is 23.2 Å². The number of benzene rings is 1. The number of nitrogens with zero attached hydrogens (tertiary/aromatic N) is 1. The highest BCUT2D eigenvalue weighted by molar-refractivity contribution is 6.36. The van der Waals surface area contributed by atoms with E-state index in [4.69, 9.17) is 32.7 Å². The number of rotatable bonds is 11. The third-order valence-corrected chi connectivity index (χ3v) is 5.36. The molecule has 1 heterocycles. The smallest absolute Gasteiger partial charge is 0.387 e. The molecule has 0 bridgehead atoms. The van der Waals surface area contributed by atoms with Gasteiger partial charge in [0.15, 0.2) is 23.9 Å². The zero-order valence-electron chi connectivity index (χ0n) is 16.3. The van der Waals surface area contributed by atoms with Crippen LogP contribution in [0, 0.1) is 11.1 Å². The number of alkyl halides is 2. The van der Waals surface area contributed by atoms with Crippen molar-refractivity contribution in [3.8, 4) is 11.5 Å². The molecule has 1 aliphatic rings. The molecule has 0 unspecified atom stereocenters. The van der Waals surface area contributed by atoms with E-state index in [1.165, 1.54) is 12.1 Å². The summed E-state index contributed by atoms with van der Waals surface area (Å²) in [4.78, 5) is 23.3. The molecule has 172 valence electrons. The maximum absolute atomic E-state index is 12.8. The van der Waals surface area contributed by atoms with Crippen molar-refractivity contribution in [3.05, 3.63) is 57.0 Å². The first kappa shape index (κ1) is 23.8. The summed E-state index contributed by atoms with van der Waals surface area (Å²) in [6.07, 6.45) is 2.20. The Labute approximate surface area is 190 Å². The second-order valence-electron chi connectivity index (χ2n) is 7.04. The Morgan fingerprint density at radius 1 is 1.25 bits per heavy atom. The zero-order valence-corrected chi connectivity index (χ0v) is 17.8. The number of pyridine rings is 1. The highest BCUT2D eigenvalue weighted by Crippen LogP contribution is 2.43. The summed E-state index contributed by atoms with van der Waals surface area (Å²) in [5.74, 6) is -3.13. The van der Waals surface area contributed by atoms with Crippen molar-refractivity contribution in [1.29, 1.82) is 0 Å². The lowest BCUT2D eigenvalue weighted by Gasteiger charge is -2.25. The quantitative estimate of drug-likeness (QED) is 0.286. The Bertz CT molecular complexity index is 981. The molecule has 0 radical (unpaired) electrons. The Balaban J connectivity index is 2.06. The molecule has 0 spiro atoms. The molecule has 2 atom stereocenters. The van der Waals surface area contributed by atoms with Crippen LogP contribution in [0.3, 0.4) is 0 Å². The van der Waals surface area contributed by atoms with Gasteiger partial charge < -0.3 is 24.5 Å². The fourth-order valence-corrected chi connectivity index (χ4v) is 3.80. The molecule has 0 saturated heterocycles. The van der Waals surface area contributed by atoms with Crippen LogP contribution in [0.1, 0.15) is 36.0 Å². The summed E-state index contributed by atoms with van der Waals surface area (Å²) in [6.45, 7) is -2.82. The van der Waals surface area contributed by atoms with Gasteiger partial charge in [0, 0.05) is 5.56 Å². The number of halogens is 4. The number of hydrogen-bond acceptors (Lipinski definition) is 6. The van der Waals surface area contributed by atoms with E-state index >= 15 is 0 Å². The fraction of sp³-hybridized carbons (Fsp3) is 0.350. The average molecular weight is 492 g/mol. The van der Waals surface area contributed by atoms with Crippen molar-refractivity contribution in [2.75, 3.05) is 6.61 Å². The minimum atomic E-state index is -3.11. The summed E-state index contributed by atoms with van der Waals surface area (Å²) in [7, 11) is 0. The minimum Gasteiger partial charge on any atom is -0.619 e. The number of carbonyl (C=O) groups is 2. The molecule has 1 aliphatic carbocycles. The van der Waals surface area contributed by atoms with Gasteiger partial charge in [-0.3, -0.25) is 9.59 Å². The van der Waals surface area contributed by atoms with Gasteiger partial charge in [0.05, 0.1) is 6.61 Å². The van der Waals surface area contributed by atoms with Gasteiger partial charge in [-0.1, -0.05) is 29.3 Å². The van der Waals surface area contributed by atoms with Gasteiger partial charge in [-0.15, -0.1) is 0 Å². The first-order chi connectivity index (χ1) is 15.2. The first-order valence-electron chi connectivity index (χ1n) is 9.32. The van der Waals surface area contributed by atoms with E-state index in [0.717, 1.165) is 31.3 Å². The first-order valence-corrected chi connectivity index (χ1v) is 10.1. The number of aromatic nitrogens is 1. The van der Waals surface area contributed by atoms with Gasteiger partial charge >= 0.3 is 12.6 Å². The topological polar surface area (TPSA) is 109 Å². The van der Waals surface area contributed by atoms with Crippen LogP contribution in [0.5, 0.6) is 11.5 Å². The van der Waals surface area contributed by atoms with Gasteiger partial charge in [-0.05, 0) is 36.5 Å². The highest BCUT2D eigenvalue weighted by Gasteiger charge is 2.38. The number of ether oxygens (including phenoxy) is 3. The second-order valence-corrected chi connectivity index (χ2v) is 7.85. The van der Waals surface area contributed by atoms with Gasteiger partial charge in [0.25, 0.3) is 6.47 Å². The molecule has 1 aromatic heterocycles. The van der Waals surface area contributed by atoms with Crippen molar-refractivity contribution in [2.45, 2.75) is 31.5 Å². The fourth-order valence-electron chi connectivity index (χ4n) is 3.12. The largest absolute Gasteiger partial charge is 0.619 e. The van der Waals surface area contributed by atoms with Crippen LogP contribution < -0.4 is 14.2 Å². The van der Waals surface area contributed by atoms with E-state index in [2.05, 4.69) is 4.74 Å². The number of carboxylic acid groups (broad SMARTS) is 1. The Hall–Kier alpha value is -2.85. The lowest BCUT2D eigenvalue weighted by atomic mass is 9.89. The molecule has 0 amide bonds. The lowest BCUT2D eigenvalue weighted by molar-refractivity contribution is -0.605. The van der Waals surface area contributed by atoms with E-state index in [0.29, 0.717) is 4.73 Å². The molecule has 1 aromatic carbocycles. The predicted octanol–water partition coefficient (Wildman–Crippen LogP) is 4.10. The van der Waals surface area contributed by atoms with Crippen LogP contribution in [0.15, 0.2) is 30.6 Å². The highest BCUT2D eigenvalue weighted by atomic mass is 35.5. The van der Waals surface area contributed by atoms with E-state index in [1.807, 2.05) is 0 Å². The predicted molar refractivity (Wildman–Crippen MR) is 107 cm³/mol. The van der Waals surface area contributed by atoms with E-state index in [9.17, 15) is 28.7 Å². The molecule has 1 saturated carbocycles. The normalized spacial score (nSPS) is 15.2. The molecule has 3 rings (SSSR count). The third kappa shape index (κ3) is 5.68. The molecule has 1 fully saturated rings. The van der Waals surface area contributed by atoms with Crippen LogP contribution in [-0.2, 0) is 14.3 Å². The Morgan fingerprint density at radius 2 is 1.91 bits per heavy atom. The van der Waals surface area contributed by atoms with Crippen LogP contribution in [0.2, 0.25) is 10.0 Å². The molecule has 2 aromatic rings. The third-order valence-electron chi connectivity index (χ3n) is 4.76. The molecule has 8 nitrogen and oxygen atoms in total. The summed E-state index contributed by atoms with van der Waals surface area (Å²) in [5.41, 5.74) is -0.0592. The maximum atomic E-state index is 12.8. The van der Waals surface area contributed by atoms with E-state index in [-0.39, 0.29) is 51.7 Å². The summed E-state index contributed by atoms with van der Waals surface area (Å²) < 4.78 is 41.0.